The Bertz CT molecular complexity index is 681. The van der Waals surface area contributed by atoms with Crippen LogP contribution in [-0.4, -0.2) is 19.0 Å². The second-order valence-corrected chi connectivity index (χ2v) is 6.31. The van der Waals surface area contributed by atoms with Crippen molar-refractivity contribution < 1.29 is 4.79 Å². The summed E-state index contributed by atoms with van der Waals surface area (Å²) in [5.74, 6) is 1.62. The molecule has 0 spiro atoms. The van der Waals surface area contributed by atoms with Crippen LogP contribution in [0.25, 0.3) is 10.8 Å². The number of carbonyl (C=O) groups excluding carboxylic acids is 1. The van der Waals surface area contributed by atoms with Gasteiger partial charge in [-0.1, -0.05) is 42.5 Å². The van der Waals surface area contributed by atoms with Crippen molar-refractivity contribution in [2.24, 2.45) is 17.8 Å². The molecule has 108 valence electrons. The molecule has 3 unspecified atom stereocenters. The second-order valence-electron chi connectivity index (χ2n) is 6.31. The zero-order valence-corrected chi connectivity index (χ0v) is 12.2. The van der Waals surface area contributed by atoms with E-state index in [1.54, 1.807) is 0 Å². The van der Waals surface area contributed by atoms with Gasteiger partial charge in [-0.3, -0.25) is 4.79 Å². The van der Waals surface area contributed by atoms with Crippen LogP contribution in [0.15, 0.2) is 42.5 Å². The minimum absolute atomic E-state index is 0.0536. The molecular weight excluding hydrogens is 260 g/mol. The van der Waals surface area contributed by atoms with Crippen LogP contribution in [-0.2, 0) is 4.79 Å². The topological polar surface area (TPSA) is 41.1 Å². The van der Waals surface area contributed by atoms with Gasteiger partial charge < -0.3 is 10.6 Å². The fraction of sp³-hybridized carbons (Fsp3) is 0.389. The summed E-state index contributed by atoms with van der Waals surface area (Å²) in [5.41, 5.74) is 1.20. The highest BCUT2D eigenvalue weighted by Crippen LogP contribution is 2.48. The Morgan fingerprint density at radius 2 is 1.86 bits per heavy atom. The maximum absolute atomic E-state index is 12.4. The molecule has 2 aromatic carbocycles. The van der Waals surface area contributed by atoms with Crippen LogP contribution in [0.5, 0.6) is 0 Å². The molecule has 3 atom stereocenters. The van der Waals surface area contributed by atoms with Gasteiger partial charge in [0.05, 0.1) is 6.04 Å². The number of hydrogen-bond acceptors (Lipinski definition) is 2. The van der Waals surface area contributed by atoms with Crippen molar-refractivity contribution in [3.63, 3.8) is 0 Å². The minimum atomic E-state index is 0.0536. The fourth-order valence-corrected chi connectivity index (χ4v) is 3.82. The molecule has 2 aliphatic rings. The predicted octanol–water partition coefficient (Wildman–Crippen LogP) is 2.48. The van der Waals surface area contributed by atoms with Crippen LogP contribution in [0.3, 0.4) is 0 Å². The summed E-state index contributed by atoms with van der Waals surface area (Å²) in [6, 6.07) is 14.7. The largest absolute Gasteiger partial charge is 0.349 e. The predicted molar refractivity (Wildman–Crippen MR) is 83.8 cm³/mol. The summed E-state index contributed by atoms with van der Waals surface area (Å²) in [6.45, 7) is 4.09. The van der Waals surface area contributed by atoms with Gasteiger partial charge in [-0.2, -0.15) is 0 Å². The Labute approximate surface area is 124 Å². The van der Waals surface area contributed by atoms with Gasteiger partial charge in [0, 0.05) is 5.92 Å². The number of benzene rings is 2. The van der Waals surface area contributed by atoms with Gasteiger partial charge in [-0.05, 0) is 48.2 Å². The van der Waals surface area contributed by atoms with E-state index in [2.05, 4.69) is 54.0 Å². The van der Waals surface area contributed by atoms with Gasteiger partial charge in [-0.25, -0.2) is 0 Å². The number of rotatable bonds is 3. The third-order valence-corrected chi connectivity index (χ3v) is 5.04. The molecule has 1 amide bonds. The van der Waals surface area contributed by atoms with E-state index < -0.39 is 0 Å². The molecule has 2 aromatic rings. The van der Waals surface area contributed by atoms with E-state index in [-0.39, 0.29) is 17.9 Å². The standard InChI is InChI=1S/C18H20N2O/c1-11(20-18(21)17-15-9-19-10-16(15)17)13-8-4-6-12-5-2-3-7-14(12)13/h2-8,11,15-17,19H,9-10H2,1H3,(H,20,21). The molecule has 3 heteroatoms. The molecule has 1 saturated heterocycles. The van der Waals surface area contributed by atoms with Crippen molar-refractivity contribution in [1.29, 1.82) is 0 Å². The maximum Gasteiger partial charge on any atom is 0.224 e. The van der Waals surface area contributed by atoms with Gasteiger partial charge in [0.1, 0.15) is 0 Å². The molecule has 0 radical (unpaired) electrons. The van der Waals surface area contributed by atoms with E-state index in [1.165, 1.54) is 16.3 Å². The summed E-state index contributed by atoms with van der Waals surface area (Å²) in [4.78, 5) is 12.4. The van der Waals surface area contributed by atoms with Crippen LogP contribution in [0.2, 0.25) is 0 Å². The van der Waals surface area contributed by atoms with Gasteiger partial charge in [-0.15, -0.1) is 0 Å². The van der Waals surface area contributed by atoms with Crippen LogP contribution < -0.4 is 10.6 Å². The average Bonchev–Trinajstić information content (AvgIpc) is 3.00. The minimum Gasteiger partial charge on any atom is -0.349 e. The third kappa shape index (κ3) is 2.12. The zero-order valence-electron chi connectivity index (χ0n) is 12.2. The summed E-state index contributed by atoms with van der Waals surface area (Å²) in [7, 11) is 0. The molecule has 2 N–H and O–H groups in total. The van der Waals surface area contributed by atoms with E-state index in [1.807, 2.05) is 6.07 Å². The van der Waals surface area contributed by atoms with Gasteiger partial charge in [0.2, 0.25) is 5.91 Å². The molecular formula is C18H20N2O. The summed E-state index contributed by atoms with van der Waals surface area (Å²) < 4.78 is 0. The second kappa shape index (κ2) is 4.85. The first kappa shape index (κ1) is 12.8. The molecule has 1 aliphatic carbocycles. The molecule has 1 aliphatic heterocycles. The van der Waals surface area contributed by atoms with Crippen molar-refractivity contribution in [3.8, 4) is 0 Å². The number of piperidine rings is 1. The number of carbonyl (C=O) groups is 1. The van der Waals surface area contributed by atoms with Crippen LogP contribution in [0.4, 0.5) is 0 Å². The lowest BCUT2D eigenvalue weighted by atomic mass is 9.99. The van der Waals surface area contributed by atoms with Gasteiger partial charge in [0.15, 0.2) is 0 Å². The number of nitrogens with one attached hydrogen (secondary N) is 2. The molecule has 21 heavy (non-hydrogen) atoms. The number of fused-ring (bicyclic) bond motifs is 2. The molecule has 4 rings (SSSR count). The zero-order chi connectivity index (χ0) is 14.4. The van der Waals surface area contributed by atoms with Gasteiger partial charge in [0.25, 0.3) is 0 Å². The van der Waals surface area contributed by atoms with E-state index in [0.717, 1.165) is 13.1 Å². The molecule has 2 fully saturated rings. The first-order valence-corrected chi connectivity index (χ1v) is 7.74. The van der Waals surface area contributed by atoms with Crippen molar-refractivity contribution in [1.82, 2.24) is 10.6 Å². The Morgan fingerprint density at radius 1 is 1.14 bits per heavy atom. The SMILES string of the molecule is CC(NC(=O)C1C2CNCC21)c1cccc2ccccc12. The van der Waals surface area contributed by atoms with Crippen LogP contribution >= 0.6 is 0 Å². The maximum atomic E-state index is 12.4. The van der Waals surface area contributed by atoms with Crippen molar-refractivity contribution >= 4 is 16.7 Å². The number of hydrogen-bond donors (Lipinski definition) is 2. The number of amides is 1. The molecule has 1 heterocycles. The van der Waals surface area contributed by atoms with Crippen molar-refractivity contribution in [2.75, 3.05) is 13.1 Å². The monoisotopic (exact) mass is 280 g/mol. The lowest BCUT2D eigenvalue weighted by Crippen LogP contribution is -2.31. The third-order valence-electron chi connectivity index (χ3n) is 5.04. The quantitative estimate of drug-likeness (QED) is 0.907. The highest BCUT2D eigenvalue weighted by Gasteiger charge is 2.56. The average molecular weight is 280 g/mol. The molecule has 1 saturated carbocycles. The Morgan fingerprint density at radius 3 is 2.67 bits per heavy atom. The van der Waals surface area contributed by atoms with Crippen molar-refractivity contribution in [2.45, 2.75) is 13.0 Å². The summed E-state index contributed by atoms with van der Waals surface area (Å²) >= 11 is 0. The normalized spacial score (nSPS) is 28.1. The van der Waals surface area contributed by atoms with E-state index >= 15 is 0 Å². The highest BCUT2D eigenvalue weighted by molar-refractivity contribution is 5.87. The Kier molecular flexibility index (Phi) is 2.96. The first-order chi connectivity index (χ1) is 10.3. The Hall–Kier alpha value is -1.87. The summed E-state index contributed by atoms with van der Waals surface area (Å²) in [5, 5.41) is 9.00. The van der Waals surface area contributed by atoms with Crippen LogP contribution in [0, 0.1) is 17.8 Å². The highest BCUT2D eigenvalue weighted by atomic mass is 16.2. The van der Waals surface area contributed by atoms with Crippen molar-refractivity contribution in [3.05, 3.63) is 48.0 Å². The molecule has 0 bridgehead atoms. The lowest BCUT2D eigenvalue weighted by Gasteiger charge is -2.17. The smallest absolute Gasteiger partial charge is 0.224 e. The van der Waals surface area contributed by atoms with E-state index in [4.69, 9.17) is 0 Å². The van der Waals surface area contributed by atoms with Crippen LogP contribution in [0.1, 0.15) is 18.5 Å². The molecule has 0 aromatic heterocycles. The summed E-state index contributed by atoms with van der Waals surface area (Å²) in [6.07, 6.45) is 0. The van der Waals surface area contributed by atoms with Gasteiger partial charge >= 0.3 is 0 Å². The lowest BCUT2D eigenvalue weighted by molar-refractivity contribution is -0.123. The van der Waals surface area contributed by atoms with E-state index in [0.29, 0.717) is 11.8 Å². The molecule has 3 nitrogen and oxygen atoms in total. The van der Waals surface area contributed by atoms with E-state index in [9.17, 15) is 4.79 Å². The first-order valence-electron chi connectivity index (χ1n) is 7.74. The fourth-order valence-electron chi connectivity index (χ4n) is 3.82. The Balaban J connectivity index is 1.54.